The highest BCUT2D eigenvalue weighted by Crippen LogP contribution is 2.28. The van der Waals surface area contributed by atoms with Gasteiger partial charge in [0.1, 0.15) is 5.82 Å². The van der Waals surface area contributed by atoms with Gasteiger partial charge in [-0.3, -0.25) is 4.79 Å². The highest BCUT2D eigenvalue weighted by Gasteiger charge is 2.29. The first-order chi connectivity index (χ1) is 12.9. The molecule has 1 aromatic heterocycles. The summed E-state index contributed by atoms with van der Waals surface area (Å²) in [6, 6.07) is 7.41. The maximum absolute atomic E-state index is 12.7. The monoisotopic (exact) mass is 388 g/mol. The normalized spacial score (nSPS) is 16.0. The number of aromatic nitrogens is 2. The highest BCUT2D eigenvalue weighted by atomic mass is 35.5. The molecule has 2 N–H and O–H groups in total. The molecule has 1 aromatic carbocycles. The number of nitrogens with zero attached hydrogens (tertiary/aromatic N) is 3. The summed E-state index contributed by atoms with van der Waals surface area (Å²) in [7, 11) is 1.86. The predicted octanol–water partition coefficient (Wildman–Crippen LogP) is 3.63. The fraction of sp³-hybridized carbons (Fsp3) is 0.450. The zero-order chi connectivity index (χ0) is 19.4. The summed E-state index contributed by atoms with van der Waals surface area (Å²) in [5.41, 5.74) is 1.49. The molecule has 0 spiro atoms. The fourth-order valence-electron chi connectivity index (χ4n) is 3.44. The minimum Gasteiger partial charge on any atom is -0.388 e. The van der Waals surface area contributed by atoms with E-state index in [1.807, 2.05) is 37.1 Å². The highest BCUT2D eigenvalue weighted by molar-refractivity contribution is 6.28. The van der Waals surface area contributed by atoms with Crippen molar-refractivity contribution in [3.63, 3.8) is 0 Å². The van der Waals surface area contributed by atoms with E-state index in [-0.39, 0.29) is 17.7 Å². The van der Waals surface area contributed by atoms with E-state index in [2.05, 4.69) is 15.3 Å². The largest absolute Gasteiger partial charge is 0.388 e. The van der Waals surface area contributed by atoms with Crippen LogP contribution in [0.15, 0.2) is 30.5 Å². The maximum Gasteiger partial charge on any atom is 0.251 e. The summed E-state index contributed by atoms with van der Waals surface area (Å²) in [6.07, 6.45) is 6.23. The summed E-state index contributed by atoms with van der Waals surface area (Å²) in [5.74, 6) is 0.462. The number of aryl methyl sites for hydroxylation is 1. The van der Waals surface area contributed by atoms with Gasteiger partial charge in [-0.25, -0.2) is 9.97 Å². The van der Waals surface area contributed by atoms with E-state index in [9.17, 15) is 9.90 Å². The number of benzene rings is 1. The van der Waals surface area contributed by atoms with E-state index in [1.165, 1.54) is 0 Å². The number of rotatable bonds is 5. The third kappa shape index (κ3) is 4.76. The van der Waals surface area contributed by atoms with Crippen LogP contribution in [0.4, 0.5) is 11.5 Å². The molecule has 144 valence electrons. The second-order valence-corrected chi connectivity index (χ2v) is 7.55. The zero-order valence-electron chi connectivity index (χ0n) is 15.7. The first kappa shape index (κ1) is 19.6. The number of amides is 1. The van der Waals surface area contributed by atoms with Crippen molar-refractivity contribution in [3.05, 3.63) is 46.9 Å². The van der Waals surface area contributed by atoms with Gasteiger partial charge in [-0.05, 0) is 55.1 Å². The molecule has 7 heteroatoms. The maximum atomic E-state index is 12.7. The Balaban J connectivity index is 1.75. The standard InChI is InChI=1S/C20H25ClN4O2/c1-14-6-7-15(25(2)17-8-11-22-19(21)24-17)12-16(14)18(26)23-13-20(27)9-4-3-5-10-20/h6-8,11-12,27H,3-5,9-10,13H2,1-2H3,(H,23,26). The number of carbonyl (C=O) groups is 1. The molecular formula is C20H25ClN4O2. The third-order valence-electron chi connectivity index (χ3n) is 5.17. The molecule has 0 saturated heterocycles. The predicted molar refractivity (Wildman–Crippen MR) is 107 cm³/mol. The number of nitrogens with one attached hydrogen (secondary N) is 1. The lowest BCUT2D eigenvalue weighted by molar-refractivity contribution is 0.00525. The lowest BCUT2D eigenvalue weighted by Crippen LogP contribution is -2.44. The zero-order valence-corrected chi connectivity index (χ0v) is 16.5. The van der Waals surface area contributed by atoms with Gasteiger partial charge in [0.05, 0.1) is 5.60 Å². The van der Waals surface area contributed by atoms with Crippen LogP contribution in [0, 0.1) is 6.92 Å². The molecule has 0 radical (unpaired) electrons. The minimum atomic E-state index is -0.784. The Morgan fingerprint density at radius 1 is 1.30 bits per heavy atom. The van der Waals surface area contributed by atoms with Crippen LogP contribution in [0.25, 0.3) is 0 Å². The molecule has 27 heavy (non-hydrogen) atoms. The van der Waals surface area contributed by atoms with E-state index in [0.717, 1.165) is 43.4 Å². The molecule has 1 aliphatic carbocycles. The van der Waals surface area contributed by atoms with Crippen molar-refractivity contribution in [3.8, 4) is 0 Å². The van der Waals surface area contributed by atoms with Crippen LogP contribution in [0.5, 0.6) is 0 Å². The molecule has 1 fully saturated rings. The second kappa shape index (κ2) is 8.23. The van der Waals surface area contributed by atoms with Crippen molar-refractivity contribution in [2.24, 2.45) is 0 Å². The smallest absolute Gasteiger partial charge is 0.251 e. The molecule has 6 nitrogen and oxygen atoms in total. The average molecular weight is 389 g/mol. The number of carbonyl (C=O) groups excluding carboxylic acids is 1. The van der Waals surface area contributed by atoms with Crippen LogP contribution in [0.2, 0.25) is 5.28 Å². The van der Waals surface area contributed by atoms with Gasteiger partial charge in [0.25, 0.3) is 5.91 Å². The SMILES string of the molecule is Cc1ccc(N(C)c2ccnc(Cl)n2)cc1C(=O)NCC1(O)CCCCC1. The van der Waals surface area contributed by atoms with E-state index >= 15 is 0 Å². The molecule has 0 atom stereocenters. The van der Waals surface area contributed by atoms with Crippen LogP contribution in [0.3, 0.4) is 0 Å². The Kier molecular flexibility index (Phi) is 5.97. The van der Waals surface area contributed by atoms with Crippen molar-refractivity contribution in [2.45, 2.75) is 44.6 Å². The molecule has 1 saturated carbocycles. The van der Waals surface area contributed by atoms with E-state index < -0.39 is 5.60 Å². The molecule has 2 aromatic rings. The Labute approximate surface area is 164 Å². The Bertz CT molecular complexity index is 821. The lowest BCUT2D eigenvalue weighted by Gasteiger charge is -2.32. The van der Waals surface area contributed by atoms with E-state index in [4.69, 9.17) is 11.6 Å². The number of anilines is 2. The average Bonchev–Trinajstić information content (AvgIpc) is 2.66. The topological polar surface area (TPSA) is 78.4 Å². The number of aliphatic hydroxyl groups is 1. The number of hydrogen-bond donors (Lipinski definition) is 2. The first-order valence-electron chi connectivity index (χ1n) is 9.21. The van der Waals surface area contributed by atoms with Gasteiger partial charge in [0, 0.05) is 31.0 Å². The van der Waals surface area contributed by atoms with E-state index in [0.29, 0.717) is 11.4 Å². The molecule has 1 amide bonds. The van der Waals surface area contributed by atoms with Crippen molar-refractivity contribution in [1.82, 2.24) is 15.3 Å². The van der Waals surface area contributed by atoms with Crippen LogP contribution in [-0.4, -0.2) is 40.2 Å². The molecular weight excluding hydrogens is 364 g/mol. The molecule has 0 aliphatic heterocycles. The van der Waals surface area contributed by atoms with Gasteiger partial charge in [0.2, 0.25) is 5.28 Å². The quantitative estimate of drug-likeness (QED) is 0.764. The molecule has 0 bridgehead atoms. The van der Waals surface area contributed by atoms with E-state index in [1.54, 1.807) is 12.3 Å². The van der Waals surface area contributed by atoms with Gasteiger partial charge in [0.15, 0.2) is 0 Å². The second-order valence-electron chi connectivity index (χ2n) is 7.21. The van der Waals surface area contributed by atoms with Crippen LogP contribution >= 0.6 is 11.6 Å². The fourth-order valence-corrected chi connectivity index (χ4v) is 3.58. The summed E-state index contributed by atoms with van der Waals surface area (Å²) >= 11 is 5.87. The van der Waals surface area contributed by atoms with Crippen LogP contribution in [-0.2, 0) is 0 Å². The van der Waals surface area contributed by atoms with Crippen molar-refractivity contribution < 1.29 is 9.90 Å². The summed E-state index contributed by atoms with van der Waals surface area (Å²) in [4.78, 5) is 22.7. The summed E-state index contributed by atoms with van der Waals surface area (Å²) in [6.45, 7) is 2.18. The molecule has 1 aliphatic rings. The molecule has 1 heterocycles. The van der Waals surface area contributed by atoms with Crippen LogP contribution < -0.4 is 10.2 Å². The van der Waals surface area contributed by atoms with Crippen molar-refractivity contribution in [2.75, 3.05) is 18.5 Å². The molecule has 3 rings (SSSR count). The number of halogens is 1. The van der Waals surface area contributed by atoms with Crippen molar-refractivity contribution >= 4 is 29.0 Å². The van der Waals surface area contributed by atoms with Gasteiger partial charge < -0.3 is 15.3 Å². The van der Waals surface area contributed by atoms with Gasteiger partial charge in [-0.1, -0.05) is 25.3 Å². The number of hydrogen-bond acceptors (Lipinski definition) is 5. The van der Waals surface area contributed by atoms with Crippen molar-refractivity contribution in [1.29, 1.82) is 0 Å². The third-order valence-corrected chi connectivity index (χ3v) is 5.35. The Morgan fingerprint density at radius 3 is 2.74 bits per heavy atom. The lowest BCUT2D eigenvalue weighted by atomic mass is 9.85. The minimum absolute atomic E-state index is 0.171. The van der Waals surface area contributed by atoms with Gasteiger partial charge in [-0.15, -0.1) is 0 Å². The summed E-state index contributed by atoms with van der Waals surface area (Å²) in [5, 5.41) is 13.7. The molecule has 0 unspecified atom stereocenters. The Morgan fingerprint density at radius 2 is 2.04 bits per heavy atom. The summed E-state index contributed by atoms with van der Waals surface area (Å²) < 4.78 is 0. The van der Waals surface area contributed by atoms with Crippen LogP contribution in [0.1, 0.15) is 48.0 Å². The van der Waals surface area contributed by atoms with Gasteiger partial charge in [-0.2, -0.15) is 0 Å². The van der Waals surface area contributed by atoms with Gasteiger partial charge >= 0.3 is 0 Å². The first-order valence-corrected chi connectivity index (χ1v) is 9.59. The Hall–Kier alpha value is -2.18.